The summed E-state index contributed by atoms with van der Waals surface area (Å²) in [4.78, 5) is 1.36. The summed E-state index contributed by atoms with van der Waals surface area (Å²) in [6.45, 7) is 4.11. The summed E-state index contributed by atoms with van der Waals surface area (Å²) in [6.07, 6.45) is 5.14. The van der Waals surface area contributed by atoms with Crippen LogP contribution in [0, 0.1) is 17.8 Å². The van der Waals surface area contributed by atoms with Gasteiger partial charge >= 0.3 is 0 Å². The molecule has 0 radical (unpaired) electrons. The second-order valence-corrected chi connectivity index (χ2v) is 8.92. The molecule has 2 aliphatic carbocycles. The number of sulfonamides is 1. The van der Waals surface area contributed by atoms with Gasteiger partial charge in [0, 0.05) is 18.0 Å². The Morgan fingerprint density at radius 2 is 1.95 bits per heavy atom. The first-order chi connectivity index (χ1) is 10.1. The van der Waals surface area contributed by atoms with Crippen LogP contribution in [0.5, 0.6) is 0 Å². The molecule has 21 heavy (non-hydrogen) atoms. The van der Waals surface area contributed by atoms with Gasteiger partial charge < -0.3 is 5.32 Å². The van der Waals surface area contributed by atoms with Gasteiger partial charge in [0.2, 0.25) is 10.0 Å². The van der Waals surface area contributed by atoms with Gasteiger partial charge in [-0.2, -0.15) is 0 Å². The average molecular weight is 329 g/mol. The summed E-state index contributed by atoms with van der Waals surface area (Å²) < 4.78 is 27.9. The van der Waals surface area contributed by atoms with Crippen molar-refractivity contribution in [3.63, 3.8) is 0 Å². The highest BCUT2D eigenvalue weighted by atomic mass is 32.2. The molecule has 0 bridgehead atoms. The Morgan fingerprint density at radius 3 is 2.52 bits per heavy atom. The van der Waals surface area contributed by atoms with Crippen molar-refractivity contribution in [1.29, 1.82) is 0 Å². The lowest BCUT2D eigenvalue weighted by Crippen LogP contribution is -2.31. The molecule has 1 aromatic heterocycles. The van der Waals surface area contributed by atoms with E-state index in [9.17, 15) is 8.42 Å². The summed E-state index contributed by atoms with van der Waals surface area (Å²) in [5.41, 5.74) is 0. The van der Waals surface area contributed by atoms with Crippen molar-refractivity contribution in [3.05, 3.63) is 16.3 Å². The van der Waals surface area contributed by atoms with E-state index in [-0.39, 0.29) is 0 Å². The van der Waals surface area contributed by atoms with E-state index in [0.717, 1.165) is 23.3 Å². The lowest BCUT2D eigenvalue weighted by molar-refractivity contribution is 0.401. The zero-order valence-corrected chi connectivity index (χ0v) is 14.1. The summed E-state index contributed by atoms with van der Waals surface area (Å²) >= 11 is 1.51. The van der Waals surface area contributed by atoms with Crippen LogP contribution < -0.4 is 10.0 Å². The maximum Gasteiger partial charge on any atom is 0.241 e. The lowest BCUT2D eigenvalue weighted by Gasteiger charge is -2.16. The van der Waals surface area contributed by atoms with Crippen molar-refractivity contribution in [2.75, 3.05) is 13.1 Å². The van der Waals surface area contributed by atoms with Gasteiger partial charge in [-0.05, 0) is 61.4 Å². The fourth-order valence-electron chi connectivity index (χ4n) is 2.99. The Hall–Kier alpha value is -0.430. The van der Waals surface area contributed by atoms with Crippen molar-refractivity contribution >= 4 is 21.4 Å². The van der Waals surface area contributed by atoms with Gasteiger partial charge in [-0.25, -0.2) is 13.1 Å². The molecule has 6 heteroatoms. The molecule has 0 atom stereocenters. The fraction of sp³-hybridized carbons (Fsp3) is 0.733. The molecule has 2 saturated carbocycles. The Bertz CT molecular complexity index is 562. The minimum atomic E-state index is -3.36. The zero-order chi connectivity index (χ0) is 14.9. The first-order valence-electron chi connectivity index (χ1n) is 7.88. The van der Waals surface area contributed by atoms with Gasteiger partial charge in [-0.15, -0.1) is 11.3 Å². The number of rotatable bonds is 9. The van der Waals surface area contributed by atoms with Gasteiger partial charge in [-0.1, -0.05) is 6.92 Å². The largest absolute Gasteiger partial charge is 0.312 e. The highest BCUT2D eigenvalue weighted by Gasteiger charge is 2.41. The van der Waals surface area contributed by atoms with Gasteiger partial charge in [0.1, 0.15) is 0 Å². The van der Waals surface area contributed by atoms with Crippen LogP contribution in [0.15, 0.2) is 16.3 Å². The van der Waals surface area contributed by atoms with Crippen LogP contribution in [0.3, 0.4) is 0 Å². The third kappa shape index (κ3) is 3.86. The van der Waals surface area contributed by atoms with Crippen LogP contribution in [0.2, 0.25) is 0 Å². The molecule has 3 rings (SSSR count). The Kier molecular flexibility index (Phi) is 4.69. The zero-order valence-electron chi connectivity index (χ0n) is 12.5. The maximum absolute atomic E-state index is 12.5. The Morgan fingerprint density at radius 1 is 1.29 bits per heavy atom. The number of hydrogen-bond donors (Lipinski definition) is 2. The van der Waals surface area contributed by atoms with Crippen LogP contribution in [0.1, 0.15) is 37.5 Å². The molecule has 1 aromatic rings. The van der Waals surface area contributed by atoms with Crippen molar-refractivity contribution in [2.24, 2.45) is 17.8 Å². The van der Waals surface area contributed by atoms with E-state index < -0.39 is 10.0 Å². The van der Waals surface area contributed by atoms with Crippen LogP contribution in [0.4, 0.5) is 0 Å². The minimum Gasteiger partial charge on any atom is -0.312 e. The molecule has 4 nitrogen and oxygen atoms in total. The standard InChI is InChI=1S/C15H24N2O2S2/c1-2-16-10-14-15(7-8-20-14)21(18,19)17-9-13(11-3-4-11)12-5-6-12/h7-8,11-13,16-17H,2-6,9-10H2,1H3. The Balaban J connectivity index is 1.64. The third-order valence-electron chi connectivity index (χ3n) is 4.49. The maximum atomic E-state index is 12.5. The van der Waals surface area contributed by atoms with Gasteiger partial charge in [-0.3, -0.25) is 0 Å². The molecule has 118 valence electrons. The molecule has 0 spiro atoms. The fourth-order valence-corrected chi connectivity index (χ4v) is 5.47. The van der Waals surface area contributed by atoms with Crippen LogP contribution in [-0.2, 0) is 16.6 Å². The molecule has 0 unspecified atom stereocenters. The van der Waals surface area contributed by atoms with E-state index >= 15 is 0 Å². The van der Waals surface area contributed by atoms with Crippen LogP contribution in [0.25, 0.3) is 0 Å². The van der Waals surface area contributed by atoms with Crippen molar-refractivity contribution in [1.82, 2.24) is 10.0 Å². The van der Waals surface area contributed by atoms with E-state index in [0.29, 0.717) is 23.9 Å². The van der Waals surface area contributed by atoms with E-state index in [2.05, 4.69) is 10.0 Å². The quantitative estimate of drug-likeness (QED) is 0.732. The normalized spacial score (nSPS) is 19.3. The molecule has 2 aliphatic rings. The van der Waals surface area contributed by atoms with Gasteiger partial charge in [0.05, 0.1) is 4.90 Å². The predicted octanol–water partition coefficient (Wildman–Crippen LogP) is 2.57. The average Bonchev–Trinajstić information content (AvgIpc) is 3.37. The van der Waals surface area contributed by atoms with E-state index in [1.54, 1.807) is 6.07 Å². The Labute approximate surface area is 131 Å². The molecular formula is C15H24N2O2S2. The second kappa shape index (κ2) is 6.36. The number of thiophene rings is 1. The molecule has 0 saturated heterocycles. The first kappa shape index (κ1) is 15.5. The smallest absolute Gasteiger partial charge is 0.241 e. The van der Waals surface area contributed by atoms with Crippen molar-refractivity contribution in [3.8, 4) is 0 Å². The molecule has 2 N–H and O–H groups in total. The predicted molar refractivity (Wildman–Crippen MR) is 85.8 cm³/mol. The molecule has 0 amide bonds. The van der Waals surface area contributed by atoms with Gasteiger partial charge in [0.15, 0.2) is 0 Å². The third-order valence-corrected chi connectivity index (χ3v) is 7.05. The lowest BCUT2D eigenvalue weighted by atomic mass is 9.99. The van der Waals surface area contributed by atoms with Crippen molar-refractivity contribution in [2.45, 2.75) is 44.0 Å². The number of nitrogens with one attached hydrogen (secondary N) is 2. The molecule has 0 aromatic carbocycles. The summed E-state index contributed by atoms with van der Waals surface area (Å²) in [5.74, 6) is 2.10. The summed E-state index contributed by atoms with van der Waals surface area (Å²) in [5, 5.41) is 5.06. The molecule has 0 aliphatic heterocycles. The molecule has 2 fully saturated rings. The van der Waals surface area contributed by atoms with Crippen LogP contribution in [-0.4, -0.2) is 21.5 Å². The van der Waals surface area contributed by atoms with Crippen LogP contribution >= 0.6 is 11.3 Å². The molecule has 1 heterocycles. The molecular weight excluding hydrogens is 304 g/mol. The first-order valence-corrected chi connectivity index (χ1v) is 10.2. The second-order valence-electron chi connectivity index (χ2n) is 6.18. The topological polar surface area (TPSA) is 58.2 Å². The monoisotopic (exact) mass is 328 g/mol. The number of hydrogen-bond acceptors (Lipinski definition) is 4. The van der Waals surface area contributed by atoms with E-state index in [4.69, 9.17) is 0 Å². The highest BCUT2D eigenvalue weighted by Crippen LogP contribution is 2.48. The van der Waals surface area contributed by atoms with Gasteiger partial charge in [0.25, 0.3) is 0 Å². The van der Waals surface area contributed by atoms with Crippen molar-refractivity contribution < 1.29 is 8.42 Å². The minimum absolute atomic E-state index is 0.457. The summed E-state index contributed by atoms with van der Waals surface area (Å²) in [7, 11) is -3.36. The van der Waals surface area contributed by atoms with E-state index in [1.165, 1.54) is 37.0 Å². The SMILES string of the molecule is CCNCc1sccc1S(=O)(=O)NCC(C1CC1)C1CC1. The van der Waals surface area contributed by atoms with E-state index in [1.807, 2.05) is 12.3 Å². The summed E-state index contributed by atoms with van der Waals surface area (Å²) in [6, 6.07) is 1.73. The highest BCUT2D eigenvalue weighted by molar-refractivity contribution is 7.89.